The fraction of sp³-hybridized carbons (Fsp3) is 0.129. The minimum Gasteiger partial charge on any atom is -0.357 e. The summed E-state index contributed by atoms with van der Waals surface area (Å²) in [5.41, 5.74) is 7.67. The van der Waals surface area contributed by atoms with Crippen LogP contribution in [0.2, 0.25) is 0 Å². The van der Waals surface area contributed by atoms with Crippen LogP contribution < -0.4 is 15.9 Å². The first kappa shape index (κ1) is 25.8. The number of rotatable bonds is 8. The van der Waals surface area contributed by atoms with Crippen molar-refractivity contribution in [2.45, 2.75) is 6.92 Å². The summed E-state index contributed by atoms with van der Waals surface area (Å²) in [5.74, 6) is -0.280. The molecule has 0 saturated heterocycles. The Labute approximate surface area is 226 Å². The zero-order valence-corrected chi connectivity index (χ0v) is 22.2. The van der Waals surface area contributed by atoms with Crippen LogP contribution >= 0.6 is 0 Å². The molecular weight excluding hydrogens is 489 g/mol. The summed E-state index contributed by atoms with van der Waals surface area (Å²) >= 11 is 0. The van der Waals surface area contributed by atoms with Crippen LogP contribution in [0.15, 0.2) is 79.4 Å². The summed E-state index contributed by atoms with van der Waals surface area (Å²) in [6.07, 6.45) is 9.29. The molecule has 0 spiro atoms. The second kappa shape index (κ2) is 10.9. The number of H-pyrrole nitrogens is 2. The normalized spacial score (nSPS) is 12.4. The van der Waals surface area contributed by atoms with Crippen LogP contribution in [-0.2, 0) is 0 Å². The molecule has 8 heteroatoms. The molecule has 4 heterocycles. The molecule has 5 rings (SSSR count). The molecule has 196 valence electrons. The number of benzene rings is 1. The highest BCUT2D eigenvalue weighted by Gasteiger charge is 2.12. The van der Waals surface area contributed by atoms with Gasteiger partial charge in [-0.1, -0.05) is 31.4 Å². The van der Waals surface area contributed by atoms with Gasteiger partial charge < -0.3 is 15.2 Å². The summed E-state index contributed by atoms with van der Waals surface area (Å²) in [4.78, 5) is 14.2. The molecule has 5 aromatic rings. The number of nitrogens with zero attached hydrogens (tertiary/aromatic N) is 4. The maximum absolute atomic E-state index is 13.9. The number of aromatic nitrogens is 5. The van der Waals surface area contributed by atoms with Crippen LogP contribution in [0.3, 0.4) is 0 Å². The quantitative estimate of drug-likeness (QED) is 0.271. The minimum atomic E-state index is -0.280. The predicted octanol–water partition coefficient (Wildman–Crippen LogP) is 4.94. The lowest BCUT2D eigenvalue weighted by Gasteiger charge is -2.14. The topological polar surface area (TPSA) is 85.5 Å². The average Bonchev–Trinajstić information content (AvgIpc) is 3.49. The van der Waals surface area contributed by atoms with E-state index >= 15 is 0 Å². The number of anilines is 1. The van der Waals surface area contributed by atoms with Gasteiger partial charge in [0, 0.05) is 35.2 Å². The lowest BCUT2D eigenvalue weighted by Crippen LogP contribution is -2.21. The molecule has 0 amide bonds. The largest absolute Gasteiger partial charge is 0.357 e. The van der Waals surface area contributed by atoms with E-state index in [0.29, 0.717) is 11.3 Å². The zero-order chi connectivity index (χ0) is 27.5. The Morgan fingerprint density at radius 1 is 1.15 bits per heavy atom. The van der Waals surface area contributed by atoms with Crippen molar-refractivity contribution in [3.63, 3.8) is 0 Å². The number of allylic oxidation sites excluding steroid dienone is 2. The Morgan fingerprint density at radius 2 is 2.00 bits per heavy atom. The van der Waals surface area contributed by atoms with E-state index in [1.165, 1.54) is 12.1 Å². The molecule has 0 aliphatic heterocycles. The van der Waals surface area contributed by atoms with Crippen molar-refractivity contribution in [3.8, 4) is 22.5 Å². The molecule has 0 unspecified atom stereocenters. The van der Waals surface area contributed by atoms with Gasteiger partial charge in [-0.2, -0.15) is 5.10 Å². The first-order chi connectivity index (χ1) is 18.8. The van der Waals surface area contributed by atoms with E-state index in [9.17, 15) is 4.39 Å². The summed E-state index contributed by atoms with van der Waals surface area (Å²) < 4.78 is 13.9. The summed E-state index contributed by atoms with van der Waals surface area (Å²) in [7, 11) is 4.00. The van der Waals surface area contributed by atoms with Gasteiger partial charge in [0.05, 0.1) is 22.9 Å². The number of nitrogens with one attached hydrogen (secondary N) is 3. The molecule has 7 nitrogen and oxygen atoms in total. The standard InChI is InChI=1S/C31H30FN7/c1-19(23-14-25(17-33-16-23)35-20(2)18-39(4)5)9-10-28-21(3)30(38-37-28)29-15-27-26(11-12-34-31(27)36-29)22-7-6-8-24(32)13-22/h6-17,35,37H,2-3,18H2,1,4-5H3,(H,34,36)/b19-9+,28-10+. The maximum Gasteiger partial charge on any atom is 0.138 e. The second-order valence-electron chi connectivity index (χ2n) is 9.72. The number of likely N-dealkylation sites (N-methyl/N-ethyl adjacent to an activating group) is 1. The first-order valence-corrected chi connectivity index (χ1v) is 12.5. The van der Waals surface area contributed by atoms with Crippen molar-refractivity contribution < 1.29 is 4.39 Å². The van der Waals surface area contributed by atoms with Gasteiger partial charge in [0.25, 0.3) is 0 Å². The third kappa shape index (κ3) is 5.71. The fourth-order valence-corrected chi connectivity index (χ4v) is 4.46. The second-order valence-corrected chi connectivity index (χ2v) is 9.72. The van der Waals surface area contributed by atoms with Gasteiger partial charge >= 0.3 is 0 Å². The number of pyridine rings is 2. The first-order valence-electron chi connectivity index (χ1n) is 12.5. The van der Waals surface area contributed by atoms with Gasteiger partial charge in [0.1, 0.15) is 17.2 Å². The Balaban J connectivity index is 1.43. The molecule has 0 aliphatic carbocycles. The smallest absolute Gasteiger partial charge is 0.138 e. The Hall–Kier alpha value is -4.82. The molecule has 0 bridgehead atoms. The highest BCUT2D eigenvalue weighted by Crippen LogP contribution is 2.30. The van der Waals surface area contributed by atoms with Crippen LogP contribution in [0.4, 0.5) is 10.1 Å². The number of aromatic amines is 2. The van der Waals surface area contributed by atoms with Crippen molar-refractivity contribution >= 4 is 34.9 Å². The molecule has 3 N–H and O–H groups in total. The van der Waals surface area contributed by atoms with Crippen molar-refractivity contribution in [2.24, 2.45) is 0 Å². The average molecular weight is 520 g/mol. The van der Waals surface area contributed by atoms with E-state index in [1.54, 1.807) is 18.5 Å². The van der Waals surface area contributed by atoms with Gasteiger partial charge in [0.15, 0.2) is 0 Å². The maximum atomic E-state index is 13.9. The van der Waals surface area contributed by atoms with E-state index in [2.05, 4.69) is 48.5 Å². The Kier molecular flexibility index (Phi) is 7.21. The molecule has 1 aromatic carbocycles. The van der Waals surface area contributed by atoms with Gasteiger partial charge in [-0.25, -0.2) is 9.37 Å². The molecule has 39 heavy (non-hydrogen) atoms. The van der Waals surface area contributed by atoms with Crippen LogP contribution in [0, 0.1) is 5.82 Å². The predicted molar refractivity (Wildman–Crippen MR) is 158 cm³/mol. The third-order valence-electron chi connectivity index (χ3n) is 6.34. The monoisotopic (exact) mass is 519 g/mol. The van der Waals surface area contributed by atoms with E-state index in [4.69, 9.17) is 0 Å². The van der Waals surface area contributed by atoms with Crippen molar-refractivity contribution in [2.75, 3.05) is 26.0 Å². The van der Waals surface area contributed by atoms with Crippen LogP contribution in [0.25, 0.3) is 51.8 Å². The molecule has 0 saturated carbocycles. The third-order valence-corrected chi connectivity index (χ3v) is 6.34. The Bertz CT molecular complexity index is 1810. The van der Waals surface area contributed by atoms with Crippen molar-refractivity contribution in [1.29, 1.82) is 0 Å². The Morgan fingerprint density at radius 3 is 2.79 bits per heavy atom. The number of halogens is 1. The van der Waals surface area contributed by atoms with E-state index in [1.807, 2.05) is 63.6 Å². The molecular formula is C31H30FN7. The highest BCUT2D eigenvalue weighted by atomic mass is 19.1. The van der Waals surface area contributed by atoms with Crippen LogP contribution in [0.5, 0.6) is 0 Å². The van der Waals surface area contributed by atoms with E-state index < -0.39 is 0 Å². The van der Waals surface area contributed by atoms with Crippen molar-refractivity contribution in [3.05, 3.63) is 101 Å². The highest BCUT2D eigenvalue weighted by molar-refractivity contribution is 5.95. The molecule has 4 aromatic heterocycles. The number of hydrogen-bond donors (Lipinski definition) is 3. The SMILES string of the molecule is C=C(CN(C)C)Nc1cncc(/C(C)=C/C=c2/[nH]nc(-c3cc4c(-c5cccc(F)c5)ccnc4[nH]3)c2=C)c1. The fourth-order valence-electron chi connectivity index (χ4n) is 4.46. The van der Waals surface area contributed by atoms with Gasteiger partial charge in [-0.15, -0.1) is 0 Å². The zero-order valence-electron chi connectivity index (χ0n) is 22.2. The summed E-state index contributed by atoms with van der Waals surface area (Å²) in [6, 6.07) is 12.5. The van der Waals surface area contributed by atoms with E-state index in [-0.39, 0.29) is 5.82 Å². The lowest BCUT2D eigenvalue weighted by molar-refractivity contribution is 0.447. The van der Waals surface area contributed by atoms with E-state index in [0.717, 1.165) is 61.8 Å². The number of fused-ring (bicyclic) bond motifs is 1. The number of hydrogen-bond acceptors (Lipinski definition) is 5. The van der Waals surface area contributed by atoms with Gasteiger partial charge in [-0.05, 0) is 79.7 Å². The van der Waals surface area contributed by atoms with Crippen molar-refractivity contribution in [1.82, 2.24) is 30.0 Å². The molecule has 0 aliphatic rings. The molecule has 0 atom stereocenters. The lowest BCUT2D eigenvalue weighted by atomic mass is 10.0. The van der Waals surface area contributed by atoms with Crippen LogP contribution in [-0.4, -0.2) is 50.7 Å². The van der Waals surface area contributed by atoms with Gasteiger partial charge in [-0.3, -0.25) is 10.1 Å². The van der Waals surface area contributed by atoms with Gasteiger partial charge in [0.2, 0.25) is 0 Å². The minimum absolute atomic E-state index is 0.280. The summed E-state index contributed by atoms with van der Waals surface area (Å²) in [5, 5.41) is 13.3. The summed E-state index contributed by atoms with van der Waals surface area (Å²) in [6.45, 7) is 11.1. The molecule has 0 radical (unpaired) electrons. The van der Waals surface area contributed by atoms with Crippen LogP contribution in [0.1, 0.15) is 12.5 Å². The molecule has 0 fully saturated rings.